The van der Waals surface area contributed by atoms with Crippen LogP contribution in [0.2, 0.25) is 0 Å². The van der Waals surface area contributed by atoms with Gasteiger partial charge in [0.1, 0.15) is 0 Å². The fourth-order valence-electron chi connectivity index (χ4n) is 1.89. The second kappa shape index (κ2) is 5.55. The van der Waals surface area contributed by atoms with E-state index in [9.17, 15) is 0 Å². The Morgan fingerprint density at radius 1 is 1.05 bits per heavy atom. The molecule has 0 atom stereocenters. The van der Waals surface area contributed by atoms with Crippen molar-refractivity contribution in [1.29, 1.82) is 0 Å². The number of hydrogen-bond donors (Lipinski definition) is 3. The zero-order chi connectivity index (χ0) is 14.7. The van der Waals surface area contributed by atoms with Gasteiger partial charge in [0.15, 0.2) is 0 Å². The monoisotopic (exact) mass is 283 g/mol. The van der Waals surface area contributed by atoms with Crippen molar-refractivity contribution in [3.8, 4) is 6.01 Å². The summed E-state index contributed by atoms with van der Waals surface area (Å²) in [6.45, 7) is 0. The fourth-order valence-corrected chi connectivity index (χ4v) is 1.89. The molecule has 0 aliphatic rings. The highest BCUT2D eigenvalue weighted by molar-refractivity contribution is 5.91. The molecule has 0 saturated heterocycles. The highest BCUT2D eigenvalue weighted by Gasteiger charge is 2.08. The number of anilines is 3. The van der Waals surface area contributed by atoms with Crippen LogP contribution >= 0.6 is 0 Å². The van der Waals surface area contributed by atoms with Crippen LogP contribution in [0.25, 0.3) is 10.9 Å². The summed E-state index contributed by atoms with van der Waals surface area (Å²) in [5.41, 5.74) is 3.97. The van der Waals surface area contributed by atoms with Crippen LogP contribution in [-0.4, -0.2) is 27.0 Å². The Bertz CT molecular complexity index is 750. The molecule has 1 aromatic carbocycles. The molecule has 0 spiro atoms. The SMILES string of the molecule is COc1nc(NN)nc(Nc2cccc3cccnc23)n1. The number of benzene rings is 1. The van der Waals surface area contributed by atoms with Gasteiger partial charge in [-0.2, -0.15) is 15.0 Å². The second-order valence-corrected chi connectivity index (χ2v) is 4.12. The van der Waals surface area contributed by atoms with E-state index in [2.05, 4.69) is 30.7 Å². The summed E-state index contributed by atoms with van der Waals surface area (Å²) in [5.74, 6) is 5.85. The molecule has 0 aliphatic carbocycles. The molecule has 0 aliphatic heterocycles. The third kappa shape index (κ3) is 2.65. The van der Waals surface area contributed by atoms with E-state index >= 15 is 0 Å². The molecule has 106 valence electrons. The Labute approximate surface area is 120 Å². The van der Waals surface area contributed by atoms with Gasteiger partial charge in [0.2, 0.25) is 11.9 Å². The molecule has 4 N–H and O–H groups in total. The number of nitrogens with one attached hydrogen (secondary N) is 2. The normalized spacial score (nSPS) is 10.4. The average molecular weight is 283 g/mol. The first-order valence-corrected chi connectivity index (χ1v) is 6.17. The molecule has 0 unspecified atom stereocenters. The van der Waals surface area contributed by atoms with Gasteiger partial charge in [-0.1, -0.05) is 18.2 Å². The van der Waals surface area contributed by atoms with E-state index in [4.69, 9.17) is 10.6 Å². The molecule has 8 nitrogen and oxygen atoms in total. The Morgan fingerprint density at radius 2 is 1.86 bits per heavy atom. The van der Waals surface area contributed by atoms with E-state index in [1.165, 1.54) is 7.11 Å². The molecule has 8 heteroatoms. The zero-order valence-corrected chi connectivity index (χ0v) is 11.2. The van der Waals surface area contributed by atoms with E-state index in [1.54, 1.807) is 6.20 Å². The number of ether oxygens (including phenoxy) is 1. The lowest BCUT2D eigenvalue weighted by Gasteiger charge is -2.09. The summed E-state index contributed by atoms with van der Waals surface area (Å²) in [6, 6.07) is 9.82. The number of para-hydroxylation sites is 1. The summed E-state index contributed by atoms with van der Waals surface area (Å²) >= 11 is 0. The van der Waals surface area contributed by atoms with E-state index < -0.39 is 0 Å². The zero-order valence-electron chi connectivity index (χ0n) is 11.2. The summed E-state index contributed by atoms with van der Waals surface area (Å²) in [4.78, 5) is 16.5. The van der Waals surface area contributed by atoms with Crippen molar-refractivity contribution in [3.63, 3.8) is 0 Å². The Kier molecular flexibility index (Phi) is 3.44. The van der Waals surface area contributed by atoms with Gasteiger partial charge in [-0.15, -0.1) is 0 Å². The fraction of sp³-hybridized carbons (Fsp3) is 0.0769. The van der Waals surface area contributed by atoms with E-state index in [1.807, 2.05) is 30.3 Å². The number of pyridine rings is 1. The number of nitrogen functional groups attached to an aromatic ring is 1. The van der Waals surface area contributed by atoms with E-state index in [0.717, 1.165) is 16.6 Å². The maximum Gasteiger partial charge on any atom is 0.322 e. The molecule has 2 aromatic heterocycles. The summed E-state index contributed by atoms with van der Waals surface area (Å²) in [5, 5.41) is 4.11. The molecule has 0 bridgehead atoms. The maximum absolute atomic E-state index is 5.33. The van der Waals surface area contributed by atoms with Crippen molar-refractivity contribution in [2.24, 2.45) is 5.84 Å². The molecular weight excluding hydrogens is 270 g/mol. The molecule has 2 heterocycles. The maximum atomic E-state index is 5.33. The molecule has 3 rings (SSSR count). The quantitative estimate of drug-likeness (QED) is 0.487. The summed E-state index contributed by atoms with van der Waals surface area (Å²) < 4.78 is 5.01. The first kappa shape index (κ1) is 13.0. The van der Waals surface area contributed by atoms with Crippen molar-refractivity contribution >= 4 is 28.5 Å². The lowest BCUT2D eigenvalue weighted by Crippen LogP contribution is -2.13. The van der Waals surface area contributed by atoms with Crippen molar-refractivity contribution in [2.75, 3.05) is 17.9 Å². The minimum atomic E-state index is 0.161. The van der Waals surface area contributed by atoms with Crippen LogP contribution in [0.3, 0.4) is 0 Å². The van der Waals surface area contributed by atoms with Gasteiger partial charge >= 0.3 is 6.01 Å². The van der Waals surface area contributed by atoms with Crippen molar-refractivity contribution < 1.29 is 4.74 Å². The standard InChI is InChI=1S/C13H13N7O/c1-21-13-18-11(17-12(19-13)20-14)16-9-6-2-4-8-5-3-7-15-10(8)9/h2-7H,14H2,1H3,(H2,16,17,18,19,20). The molecule has 0 amide bonds. The van der Waals surface area contributed by atoms with Crippen LogP contribution < -0.4 is 21.3 Å². The average Bonchev–Trinajstić information content (AvgIpc) is 2.55. The smallest absolute Gasteiger partial charge is 0.322 e. The van der Waals surface area contributed by atoms with Gasteiger partial charge in [-0.25, -0.2) is 5.84 Å². The largest absolute Gasteiger partial charge is 0.467 e. The number of fused-ring (bicyclic) bond motifs is 1. The molecular formula is C13H13N7O. The van der Waals surface area contributed by atoms with Gasteiger partial charge in [0.25, 0.3) is 0 Å². The van der Waals surface area contributed by atoms with Crippen molar-refractivity contribution in [3.05, 3.63) is 36.5 Å². The number of nitrogens with two attached hydrogens (primary N) is 1. The van der Waals surface area contributed by atoms with Gasteiger partial charge in [0.05, 0.1) is 18.3 Å². The minimum Gasteiger partial charge on any atom is -0.467 e. The van der Waals surface area contributed by atoms with Crippen LogP contribution in [0.4, 0.5) is 17.6 Å². The Morgan fingerprint density at radius 3 is 2.67 bits per heavy atom. The highest BCUT2D eigenvalue weighted by atomic mass is 16.5. The molecule has 0 saturated carbocycles. The third-order valence-electron chi connectivity index (χ3n) is 2.81. The lowest BCUT2D eigenvalue weighted by atomic mass is 10.2. The Hall–Kier alpha value is -3.00. The van der Waals surface area contributed by atoms with Gasteiger partial charge in [-0.3, -0.25) is 10.4 Å². The van der Waals surface area contributed by atoms with Gasteiger partial charge in [-0.05, 0) is 12.1 Å². The number of hydrogen-bond acceptors (Lipinski definition) is 8. The molecule has 3 aromatic rings. The topological polar surface area (TPSA) is 111 Å². The van der Waals surface area contributed by atoms with Gasteiger partial charge in [0, 0.05) is 11.6 Å². The van der Waals surface area contributed by atoms with Crippen LogP contribution in [-0.2, 0) is 0 Å². The number of methoxy groups -OCH3 is 1. The lowest BCUT2D eigenvalue weighted by molar-refractivity contribution is 0.379. The van der Waals surface area contributed by atoms with Crippen LogP contribution in [0, 0.1) is 0 Å². The predicted molar refractivity (Wildman–Crippen MR) is 79.2 cm³/mol. The van der Waals surface area contributed by atoms with Crippen molar-refractivity contribution in [2.45, 2.75) is 0 Å². The second-order valence-electron chi connectivity index (χ2n) is 4.12. The third-order valence-corrected chi connectivity index (χ3v) is 2.81. The number of hydrazine groups is 1. The first-order valence-electron chi connectivity index (χ1n) is 6.17. The van der Waals surface area contributed by atoms with E-state index in [-0.39, 0.29) is 12.0 Å². The number of rotatable bonds is 4. The summed E-state index contributed by atoms with van der Waals surface area (Å²) in [6.07, 6.45) is 1.73. The number of aromatic nitrogens is 4. The van der Waals surface area contributed by atoms with Gasteiger partial charge < -0.3 is 10.1 Å². The predicted octanol–water partition coefficient (Wildman–Crippen LogP) is 1.46. The number of nitrogens with zero attached hydrogens (tertiary/aromatic N) is 4. The molecule has 0 radical (unpaired) electrons. The Balaban J connectivity index is 2.02. The molecule has 21 heavy (non-hydrogen) atoms. The van der Waals surface area contributed by atoms with Crippen LogP contribution in [0.15, 0.2) is 36.5 Å². The van der Waals surface area contributed by atoms with Crippen LogP contribution in [0.1, 0.15) is 0 Å². The van der Waals surface area contributed by atoms with Crippen LogP contribution in [0.5, 0.6) is 6.01 Å². The molecule has 0 fully saturated rings. The summed E-state index contributed by atoms with van der Waals surface area (Å²) in [7, 11) is 1.47. The highest BCUT2D eigenvalue weighted by Crippen LogP contribution is 2.23. The van der Waals surface area contributed by atoms with Crippen molar-refractivity contribution in [1.82, 2.24) is 19.9 Å². The minimum absolute atomic E-state index is 0.161. The van der Waals surface area contributed by atoms with E-state index in [0.29, 0.717) is 5.95 Å². The first-order chi connectivity index (χ1) is 10.3.